The standard InChI is InChI=1S/C13H15BrN2/c1-3-7-15-12-8-9(2)16-13-10(12)5-4-6-11(13)14/h4-6,8H,3,7H2,1-2H3,(H,15,16). The second kappa shape index (κ2) is 4.83. The predicted molar refractivity (Wildman–Crippen MR) is 73.0 cm³/mol. The van der Waals surface area contributed by atoms with E-state index in [0.29, 0.717) is 0 Å². The molecule has 2 aromatic rings. The van der Waals surface area contributed by atoms with Crippen molar-refractivity contribution in [3.05, 3.63) is 34.4 Å². The van der Waals surface area contributed by atoms with Crippen molar-refractivity contribution in [3.8, 4) is 0 Å². The summed E-state index contributed by atoms with van der Waals surface area (Å²) < 4.78 is 1.05. The molecule has 1 aromatic carbocycles. The predicted octanol–water partition coefficient (Wildman–Crippen LogP) is 4.13. The first-order valence-electron chi connectivity index (χ1n) is 5.52. The summed E-state index contributed by atoms with van der Waals surface area (Å²) in [6.45, 7) is 5.18. The Morgan fingerprint density at radius 1 is 1.38 bits per heavy atom. The maximum atomic E-state index is 4.56. The molecule has 3 heteroatoms. The van der Waals surface area contributed by atoms with Gasteiger partial charge < -0.3 is 5.32 Å². The summed E-state index contributed by atoms with van der Waals surface area (Å²) in [5.41, 5.74) is 3.24. The van der Waals surface area contributed by atoms with Crippen molar-refractivity contribution in [2.24, 2.45) is 0 Å². The first-order valence-corrected chi connectivity index (χ1v) is 6.31. The van der Waals surface area contributed by atoms with Crippen LogP contribution in [0.3, 0.4) is 0 Å². The fourth-order valence-electron chi connectivity index (χ4n) is 1.75. The minimum Gasteiger partial charge on any atom is -0.384 e. The molecule has 0 radical (unpaired) electrons. The first kappa shape index (κ1) is 11.4. The lowest BCUT2D eigenvalue weighted by atomic mass is 10.1. The maximum absolute atomic E-state index is 4.56. The highest BCUT2D eigenvalue weighted by Gasteiger charge is 2.05. The molecule has 0 saturated carbocycles. The average molecular weight is 279 g/mol. The zero-order valence-electron chi connectivity index (χ0n) is 9.55. The highest BCUT2D eigenvalue weighted by Crippen LogP contribution is 2.28. The summed E-state index contributed by atoms with van der Waals surface area (Å²) in [4.78, 5) is 4.56. The van der Waals surface area contributed by atoms with E-state index in [-0.39, 0.29) is 0 Å². The van der Waals surface area contributed by atoms with Gasteiger partial charge in [0.2, 0.25) is 0 Å². The quantitative estimate of drug-likeness (QED) is 0.913. The van der Waals surface area contributed by atoms with Crippen LogP contribution >= 0.6 is 15.9 Å². The van der Waals surface area contributed by atoms with Gasteiger partial charge in [0, 0.05) is 27.8 Å². The van der Waals surface area contributed by atoms with Crippen LogP contribution < -0.4 is 5.32 Å². The van der Waals surface area contributed by atoms with E-state index >= 15 is 0 Å². The number of para-hydroxylation sites is 1. The molecule has 0 aliphatic heterocycles. The number of nitrogens with one attached hydrogen (secondary N) is 1. The Labute approximate surface area is 104 Å². The molecule has 2 nitrogen and oxygen atoms in total. The van der Waals surface area contributed by atoms with E-state index < -0.39 is 0 Å². The Hall–Kier alpha value is -1.09. The molecule has 0 spiro atoms. The molecule has 0 aliphatic rings. The number of pyridine rings is 1. The van der Waals surface area contributed by atoms with E-state index in [9.17, 15) is 0 Å². The summed E-state index contributed by atoms with van der Waals surface area (Å²) >= 11 is 3.54. The molecule has 0 bridgehead atoms. The summed E-state index contributed by atoms with van der Waals surface area (Å²) in [6.07, 6.45) is 1.12. The number of hydrogen-bond acceptors (Lipinski definition) is 2. The van der Waals surface area contributed by atoms with Crippen molar-refractivity contribution < 1.29 is 0 Å². The van der Waals surface area contributed by atoms with Gasteiger partial charge in [-0.1, -0.05) is 19.1 Å². The zero-order chi connectivity index (χ0) is 11.5. The summed E-state index contributed by atoms with van der Waals surface area (Å²) in [6, 6.07) is 8.27. The van der Waals surface area contributed by atoms with Gasteiger partial charge >= 0.3 is 0 Å². The van der Waals surface area contributed by atoms with Gasteiger partial charge in [0.1, 0.15) is 0 Å². The zero-order valence-corrected chi connectivity index (χ0v) is 11.1. The molecule has 0 unspecified atom stereocenters. The van der Waals surface area contributed by atoms with Crippen molar-refractivity contribution >= 4 is 32.5 Å². The van der Waals surface area contributed by atoms with Crippen molar-refractivity contribution in [2.45, 2.75) is 20.3 Å². The Kier molecular flexibility index (Phi) is 3.44. The number of nitrogens with zero attached hydrogens (tertiary/aromatic N) is 1. The third kappa shape index (κ3) is 2.19. The Bertz CT molecular complexity index is 509. The van der Waals surface area contributed by atoms with E-state index in [1.807, 2.05) is 19.1 Å². The minimum atomic E-state index is 0.991. The normalized spacial score (nSPS) is 10.7. The molecule has 1 heterocycles. The number of benzene rings is 1. The molecule has 0 saturated heterocycles. The average Bonchev–Trinajstić information content (AvgIpc) is 2.27. The van der Waals surface area contributed by atoms with Crippen LogP contribution in [0.15, 0.2) is 28.7 Å². The number of rotatable bonds is 3. The van der Waals surface area contributed by atoms with Crippen molar-refractivity contribution in [1.29, 1.82) is 0 Å². The molecule has 2 rings (SSSR count). The van der Waals surface area contributed by atoms with Crippen LogP contribution in [0.4, 0.5) is 5.69 Å². The molecular formula is C13H15BrN2. The van der Waals surface area contributed by atoms with Gasteiger partial charge in [-0.3, -0.25) is 4.98 Å². The fraction of sp³-hybridized carbons (Fsp3) is 0.308. The molecule has 0 atom stereocenters. The number of anilines is 1. The third-order valence-electron chi connectivity index (χ3n) is 2.48. The summed E-state index contributed by atoms with van der Waals surface area (Å²) in [5.74, 6) is 0. The van der Waals surface area contributed by atoms with Crippen LogP contribution in [-0.2, 0) is 0 Å². The monoisotopic (exact) mass is 278 g/mol. The number of halogens is 1. The lowest BCUT2D eigenvalue weighted by molar-refractivity contribution is 0.980. The molecule has 1 N–H and O–H groups in total. The Morgan fingerprint density at radius 3 is 2.94 bits per heavy atom. The largest absolute Gasteiger partial charge is 0.384 e. The highest BCUT2D eigenvalue weighted by molar-refractivity contribution is 9.10. The van der Waals surface area contributed by atoms with E-state index in [2.05, 4.69) is 45.3 Å². The second-order valence-electron chi connectivity index (χ2n) is 3.87. The van der Waals surface area contributed by atoms with Crippen LogP contribution in [0.5, 0.6) is 0 Å². The van der Waals surface area contributed by atoms with Crippen molar-refractivity contribution in [2.75, 3.05) is 11.9 Å². The SMILES string of the molecule is CCCNc1cc(C)nc2c(Br)cccc12. The fourth-order valence-corrected chi connectivity index (χ4v) is 2.20. The number of hydrogen-bond donors (Lipinski definition) is 1. The van der Waals surface area contributed by atoms with Gasteiger partial charge in [-0.2, -0.15) is 0 Å². The van der Waals surface area contributed by atoms with Gasteiger partial charge in [0.15, 0.2) is 0 Å². The van der Waals surface area contributed by atoms with E-state index in [0.717, 1.165) is 28.6 Å². The highest BCUT2D eigenvalue weighted by atomic mass is 79.9. The lowest BCUT2D eigenvalue weighted by Gasteiger charge is -2.10. The number of aromatic nitrogens is 1. The van der Waals surface area contributed by atoms with Crippen LogP contribution in [0, 0.1) is 6.92 Å². The van der Waals surface area contributed by atoms with Gasteiger partial charge in [-0.05, 0) is 41.4 Å². The smallest absolute Gasteiger partial charge is 0.0867 e. The number of fused-ring (bicyclic) bond motifs is 1. The van der Waals surface area contributed by atoms with Gasteiger partial charge in [0.25, 0.3) is 0 Å². The lowest BCUT2D eigenvalue weighted by Crippen LogP contribution is -2.01. The second-order valence-corrected chi connectivity index (χ2v) is 4.73. The van der Waals surface area contributed by atoms with Gasteiger partial charge in [-0.25, -0.2) is 0 Å². The minimum absolute atomic E-state index is 0.991. The molecule has 0 amide bonds. The molecule has 0 aliphatic carbocycles. The van der Waals surface area contributed by atoms with E-state index in [1.165, 1.54) is 11.1 Å². The first-order chi connectivity index (χ1) is 7.72. The molecule has 0 fully saturated rings. The van der Waals surface area contributed by atoms with E-state index in [4.69, 9.17) is 0 Å². The summed E-state index contributed by atoms with van der Waals surface area (Å²) in [5, 5.41) is 4.62. The van der Waals surface area contributed by atoms with Crippen LogP contribution in [0.25, 0.3) is 10.9 Å². The molecular weight excluding hydrogens is 264 g/mol. The molecule has 84 valence electrons. The number of aryl methyl sites for hydroxylation is 1. The Balaban J connectivity index is 2.59. The molecule has 1 aromatic heterocycles. The molecule has 16 heavy (non-hydrogen) atoms. The van der Waals surface area contributed by atoms with Crippen molar-refractivity contribution in [1.82, 2.24) is 4.98 Å². The van der Waals surface area contributed by atoms with E-state index in [1.54, 1.807) is 0 Å². The topological polar surface area (TPSA) is 24.9 Å². The van der Waals surface area contributed by atoms with Gasteiger partial charge in [-0.15, -0.1) is 0 Å². The summed E-state index contributed by atoms with van der Waals surface area (Å²) in [7, 11) is 0. The van der Waals surface area contributed by atoms with Crippen LogP contribution in [-0.4, -0.2) is 11.5 Å². The Morgan fingerprint density at radius 2 is 2.19 bits per heavy atom. The van der Waals surface area contributed by atoms with Crippen molar-refractivity contribution in [3.63, 3.8) is 0 Å². The van der Waals surface area contributed by atoms with Crippen LogP contribution in [0.1, 0.15) is 19.0 Å². The van der Waals surface area contributed by atoms with Gasteiger partial charge in [0.05, 0.1) is 5.52 Å². The third-order valence-corrected chi connectivity index (χ3v) is 3.12. The maximum Gasteiger partial charge on any atom is 0.0867 e. The van der Waals surface area contributed by atoms with Crippen LogP contribution in [0.2, 0.25) is 0 Å².